The van der Waals surface area contributed by atoms with Crippen LogP contribution in [0.5, 0.6) is 0 Å². The maximum absolute atomic E-state index is 13.1. The van der Waals surface area contributed by atoms with E-state index in [0.29, 0.717) is 42.0 Å². The fourth-order valence-electron chi connectivity index (χ4n) is 4.17. The summed E-state index contributed by atoms with van der Waals surface area (Å²) in [6.45, 7) is 7.18. The number of carbonyl (C=O) groups is 1. The molecule has 31 heavy (non-hydrogen) atoms. The van der Waals surface area contributed by atoms with Gasteiger partial charge >= 0.3 is 6.18 Å². The second-order valence-corrected chi connectivity index (χ2v) is 9.74. The zero-order valence-corrected chi connectivity index (χ0v) is 18.6. The fourth-order valence-corrected chi connectivity index (χ4v) is 5.27. The predicted octanol–water partition coefficient (Wildman–Crippen LogP) is 3.93. The van der Waals surface area contributed by atoms with Crippen molar-refractivity contribution >= 4 is 23.6 Å². The number of aryl methyl sites for hydroxylation is 1. The van der Waals surface area contributed by atoms with E-state index in [-0.39, 0.29) is 18.0 Å². The van der Waals surface area contributed by atoms with E-state index in [0.717, 1.165) is 23.9 Å². The van der Waals surface area contributed by atoms with Crippen LogP contribution in [0.3, 0.4) is 0 Å². The monoisotopic (exact) mass is 453 g/mol. The van der Waals surface area contributed by atoms with Crippen LogP contribution >= 0.6 is 11.8 Å². The zero-order chi connectivity index (χ0) is 22.3. The minimum absolute atomic E-state index is 0.0248. The summed E-state index contributed by atoms with van der Waals surface area (Å²) in [6.07, 6.45) is -3.31. The van der Waals surface area contributed by atoms with Crippen LogP contribution in [0, 0.1) is 6.92 Å². The zero-order valence-electron chi connectivity index (χ0n) is 17.7. The molecule has 0 spiro atoms. The first-order valence-corrected chi connectivity index (χ1v) is 11.5. The van der Waals surface area contributed by atoms with Crippen LogP contribution in [0.15, 0.2) is 18.2 Å². The van der Waals surface area contributed by atoms with Gasteiger partial charge in [-0.1, -0.05) is 13.0 Å². The molecule has 168 valence electrons. The minimum atomic E-state index is -4.37. The van der Waals surface area contributed by atoms with Gasteiger partial charge in [-0.3, -0.25) is 9.36 Å². The van der Waals surface area contributed by atoms with Gasteiger partial charge in [0, 0.05) is 30.0 Å². The number of benzene rings is 1. The van der Waals surface area contributed by atoms with E-state index in [9.17, 15) is 18.0 Å². The van der Waals surface area contributed by atoms with Gasteiger partial charge in [0.25, 0.3) is 0 Å². The number of aromatic nitrogens is 3. The molecule has 2 saturated heterocycles. The first-order chi connectivity index (χ1) is 14.6. The lowest BCUT2D eigenvalue weighted by Gasteiger charge is -2.38. The van der Waals surface area contributed by atoms with Crippen LogP contribution in [0.1, 0.15) is 55.2 Å². The van der Waals surface area contributed by atoms with Gasteiger partial charge in [0.15, 0.2) is 5.82 Å². The second kappa shape index (κ2) is 8.37. The lowest BCUT2D eigenvalue weighted by atomic mass is 10.0. The largest absolute Gasteiger partial charge is 0.416 e. The highest BCUT2D eigenvalue weighted by atomic mass is 32.2. The van der Waals surface area contributed by atoms with Crippen LogP contribution in [0.4, 0.5) is 19.1 Å². The Bertz CT molecular complexity index is 976. The molecule has 4 rings (SSSR count). The molecular weight excluding hydrogens is 427 g/mol. The molecule has 0 radical (unpaired) electrons. The smallest absolute Gasteiger partial charge is 0.346 e. The van der Waals surface area contributed by atoms with Gasteiger partial charge in [0.2, 0.25) is 11.9 Å². The summed E-state index contributed by atoms with van der Waals surface area (Å²) in [5, 5.41) is 12.3. The molecule has 2 aromatic rings. The summed E-state index contributed by atoms with van der Waals surface area (Å²) >= 11 is 1.91. The molecule has 3 unspecified atom stereocenters. The summed E-state index contributed by atoms with van der Waals surface area (Å²) in [6, 6.07) is 3.82. The highest BCUT2D eigenvalue weighted by Gasteiger charge is 2.34. The maximum Gasteiger partial charge on any atom is 0.416 e. The summed E-state index contributed by atoms with van der Waals surface area (Å²) in [4.78, 5) is 14.0. The number of alkyl halides is 3. The van der Waals surface area contributed by atoms with Gasteiger partial charge in [-0.15, -0.1) is 10.2 Å². The average Bonchev–Trinajstić information content (AvgIpc) is 3.31. The number of rotatable bonds is 4. The standard InChI is InChI=1S/C21H26F3N5OS/c1-12-10-16(21(22,23)24)5-4-15(12)11-29-19(17-6-7-18(30)25-17)26-27-20(29)28-8-9-31-14(3)13(28)2/h4-5,10,13-14,17H,6-9,11H2,1-3H3,(H,25,30). The van der Waals surface area contributed by atoms with Crippen molar-refractivity contribution < 1.29 is 18.0 Å². The summed E-state index contributed by atoms with van der Waals surface area (Å²) in [7, 11) is 0. The third kappa shape index (κ3) is 4.40. The van der Waals surface area contributed by atoms with Crippen LogP contribution in [-0.2, 0) is 17.5 Å². The normalized spacial score (nSPS) is 24.5. The molecule has 1 N–H and O–H groups in total. The minimum Gasteiger partial charge on any atom is -0.346 e. The summed E-state index contributed by atoms with van der Waals surface area (Å²) in [5.41, 5.74) is 0.676. The molecule has 10 heteroatoms. The highest BCUT2D eigenvalue weighted by molar-refractivity contribution is 8.00. The van der Waals surface area contributed by atoms with Gasteiger partial charge in [-0.05, 0) is 43.5 Å². The van der Waals surface area contributed by atoms with Crippen LogP contribution in [0.2, 0.25) is 0 Å². The van der Waals surface area contributed by atoms with E-state index in [4.69, 9.17) is 0 Å². The lowest BCUT2D eigenvalue weighted by molar-refractivity contribution is -0.137. The second-order valence-electron chi connectivity index (χ2n) is 8.25. The molecule has 2 fully saturated rings. The molecule has 0 saturated carbocycles. The van der Waals surface area contributed by atoms with E-state index < -0.39 is 11.7 Å². The van der Waals surface area contributed by atoms with Gasteiger partial charge in [-0.25, -0.2) is 0 Å². The predicted molar refractivity (Wildman–Crippen MR) is 114 cm³/mol. The lowest BCUT2D eigenvalue weighted by Crippen LogP contribution is -2.46. The Hall–Kier alpha value is -2.23. The Labute approximate surface area is 183 Å². The summed E-state index contributed by atoms with van der Waals surface area (Å²) < 4.78 is 41.2. The number of hydrogen-bond acceptors (Lipinski definition) is 5. The fraction of sp³-hybridized carbons (Fsp3) is 0.571. The van der Waals surface area contributed by atoms with Gasteiger partial charge in [0.05, 0.1) is 18.2 Å². The first-order valence-electron chi connectivity index (χ1n) is 10.4. The van der Waals surface area contributed by atoms with E-state index in [1.807, 2.05) is 16.3 Å². The molecule has 1 aromatic heterocycles. The van der Waals surface area contributed by atoms with Crippen molar-refractivity contribution in [2.24, 2.45) is 0 Å². The maximum atomic E-state index is 13.1. The Morgan fingerprint density at radius 3 is 2.68 bits per heavy atom. The van der Waals surface area contributed by atoms with Crippen LogP contribution < -0.4 is 10.2 Å². The average molecular weight is 454 g/mol. The van der Waals surface area contributed by atoms with Crippen molar-refractivity contribution in [3.8, 4) is 0 Å². The van der Waals surface area contributed by atoms with Crippen molar-refractivity contribution in [3.05, 3.63) is 40.7 Å². The van der Waals surface area contributed by atoms with Crippen molar-refractivity contribution in [3.63, 3.8) is 0 Å². The van der Waals surface area contributed by atoms with Crippen LogP contribution in [0.25, 0.3) is 0 Å². The molecule has 0 aliphatic carbocycles. The van der Waals surface area contributed by atoms with E-state index in [1.54, 1.807) is 6.92 Å². The number of nitrogens with zero attached hydrogens (tertiary/aromatic N) is 4. The third-order valence-corrected chi connectivity index (χ3v) is 7.54. The van der Waals surface area contributed by atoms with Crippen LogP contribution in [-0.4, -0.2) is 44.3 Å². The molecular formula is C21H26F3N5OS. The Morgan fingerprint density at radius 2 is 2.03 bits per heavy atom. The van der Waals surface area contributed by atoms with Crippen molar-refractivity contribution in [1.29, 1.82) is 0 Å². The Morgan fingerprint density at radius 1 is 1.26 bits per heavy atom. The van der Waals surface area contributed by atoms with Gasteiger partial charge in [-0.2, -0.15) is 24.9 Å². The topological polar surface area (TPSA) is 63.1 Å². The number of nitrogens with one attached hydrogen (secondary N) is 1. The number of anilines is 1. The van der Waals surface area contributed by atoms with Crippen molar-refractivity contribution in [2.75, 3.05) is 17.2 Å². The number of halogens is 3. The molecule has 1 aromatic carbocycles. The molecule has 2 aliphatic rings. The molecule has 3 atom stereocenters. The number of thioether (sulfide) groups is 1. The summed E-state index contributed by atoms with van der Waals surface area (Å²) in [5.74, 6) is 2.30. The number of carbonyl (C=O) groups excluding carboxylic acids is 1. The molecule has 2 aliphatic heterocycles. The molecule has 0 bridgehead atoms. The van der Waals surface area contributed by atoms with E-state index in [2.05, 4.69) is 34.3 Å². The third-order valence-electron chi connectivity index (χ3n) is 6.21. The Kier molecular flexibility index (Phi) is 5.93. The number of amides is 1. The van der Waals surface area contributed by atoms with E-state index >= 15 is 0 Å². The Balaban J connectivity index is 1.72. The highest BCUT2D eigenvalue weighted by Crippen LogP contribution is 2.33. The molecule has 3 heterocycles. The first kappa shape index (κ1) is 22.0. The van der Waals surface area contributed by atoms with Gasteiger partial charge < -0.3 is 10.2 Å². The van der Waals surface area contributed by atoms with Gasteiger partial charge in [0.1, 0.15) is 0 Å². The number of hydrogen-bond donors (Lipinski definition) is 1. The molecule has 1 amide bonds. The van der Waals surface area contributed by atoms with E-state index in [1.165, 1.54) is 12.1 Å². The quantitative estimate of drug-likeness (QED) is 0.760. The molecule has 6 nitrogen and oxygen atoms in total. The van der Waals surface area contributed by atoms with Crippen molar-refractivity contribution in [1.82, 2.24) is 20.1 Å². The van der Waals surface area contributed by atoms with Crippen molar-refractivity contribution in [2.45, 2.75) is 63.7 Å². The SMILES string of the molecule is Cc1cc(C(F)(F)F)ccc1Cn1c(C2CCC(=O)N2)nnc1N1CCSC(C)C1C.